The number of pyridine rings is 1. The summed E-state index contributed by atoms with van der Waals surface area (Å²) in [6.07, 6.45) is 6.61. The number of H-pyrrole nitrogens is 1. The number of halogens is 2. The fraction of sp³-hybridized carbons (Fsp3) is 0.269. The average molecular weight is 477 g/mol. The summed E-state index contributed by atoms with van der Waals surface area (Å²) in [4.78, 5) is 4.71. The van der Waals surface area contributed by atoms with Crippen molar-refractivity contribution in [1.29, 1.82) is 0 Å². The zero-order valence-corrected chi connectivity index (χ0v) is 20.1. The molecule has 0 aliphatic carbocycles. The minimum Gasteiger partial charge on any atom is -0.485 e. The molecule has 1 N–H and O–H groups in total. The Hall–Kier alpha value is -4.01. The third-order valence-electron chi connectivity index (χ3n) is 6.21. The second-order valence-electron chi connectivity index (χ2n) is 8.76. The molecule has 5 rings (SSSR count). The van der Waals surface area contributed by atoms with Gasteiger partial charge in [0.25, 0.3) is 0 Å². The molecule has 0 atom stereocenters. The zero-order valence-electron chi connectivity index (χ0n) is 20.1. The van der Waals surface area contributed by atoms with E-state index in [1.807, 2.05) is 61.4 Å². The van der Waals surface area contributed by atoms with E-state index >= 15 is 0 Å². The van der Waals surface area contributed by atoms with Crippen LogP contribution in [0, 0.1) is 39.3 Å². The normalized spacial score (nSPS) is 11.5. The number of hydrogen-bond acceptors (Lipinski definition) is 4. The van der Waals surface area contributed by atoms with Crippen LogP contribution in [0.15, 0.2) is 42.9 Å². The van der Waals surface area contributed by atoms with E-state index in [2.05, 4.69) is 15.3 Å². The molecule has 0 amide bonds. The van der Waals surface area contributed by atoms with Gasteiger partial charge in [0.05, 0.1) is 28.8 Å². The summed E-state index contributed by atoms with van der Waals surface area (Å²) in [5.41, 5.74) is 7.31. The van der Waals surface area contributed by atoms with Gasteiger partial charge < -0.3 is 4.74 Å². The van der Waals surface area contributed by atoms with Crippen molar-refractivity contribution in [2.75, 3.05) is 0 Å². The van der Waals surface area contributed by atoms with Crippen LogP contribution in [0.5, 0.6) is 5.75 Å². The average Bonchev–Trinajstić information content (AvgIpc) is 3.49. The first-order valence-electron chi connectivity index (χ1n) is 11.4. The van der Waals surface area contributed by atoms with Gasteiger partial charge in [0, 0.05) is 30.2 Å². The number of nitrogens with one attached hydrogen (secondary N) is 1. The van der Waals surface area contributed by atoms with Gasteiger partial charge in [-0.05, 0) is 63.4 Å². The molecule has 4 heterocycles. The third-order valence-corrected chi connectivity index (χ3v) is 6.21. The number of aromatic amines is 1. The van der Waals surface area contributed by atoms with E-state index in [0.717, 1.165) is 46.9 Å². The van der Waals surface area contributed by atoms with Crippen LogP contribution in [0.4, 0.5) is 8.78 Å². The highest BCUT2D eigenvalue weighted by molar-refractivity contribution is 5.69. The number of ether oxygens (including phenoxy) is 1. The third kappa shape index (κ3) is 4.29. The van der Waals surface area contributed by atoms with E-state index in [1.54, 1.807) is 0 Å². The van der Waals surface area contributed by atoms with Crippen LogP contribution in [0.3, 0.4) is 0 Å². The Labute approximate surface area is 201 Å². The van der Waals surface area contributed by atoms with Gasteiger partial charge in [-0.25, -0.2) is 13.8 Å². The Bertz CT molecular complexity index is 1490. The summed E-state index contributed by atoms with van der Waals surface area (Å²) in [7, 11) is 0. The standard InChI is InChI=1S/C26H26F2N6O/c1-15-10-24(35-14-21-22(27)6-5-7-23(21)28)26-30-18(4)25(34(26)12-15)19-11-29-33(13-19)9-8-20-16(2)31-32-17(20)3/h5-7,10-13H,8-9,14H2,1-4H3,(H,31,32). The lowest BCUT2D eigenvalue weighted by molar-refractivity contribution is 0.294. The molecule has 0 spiro atoms. The van der Waals surface area contributed by atoms with Crippen molar-refractivity contribution < 1.29 is 13.5 Å². The maximum Gasteiger partial charge on any atom is 0.180 e. The lowest BCUT2D eigenvalue weighted by Crippen LogP contribution is -2.03. The second kappa shape index (κ2) is 8.98. The highest BCUT2D eigenvalue weighted by Crippen LogP contribution is 2.31. The summed E-state index contributed by atoms with van der Waals surface area (Å²) in [5.74, 6) is -0.815. The number of benzene rings is 1. The van der Waals surface area contributed by atoms with Gasteiger partial charge >= 0.3 is 0 Å². The number of rotatable bonds is 7. The topological polar surface area (TPSA) is 73.0 Å². The fourth-order valence-electron chi connectivity index (χ4n) is 4.41. The van der Waals surface area contributed by atoms with Crippen LogP contribution in [-0.4, -0.2) is 29.4 Å². The Morgan fingerprint density at radius 2 is 1.77 bits per heavy atom. The molecule has 0 bridgehead atoms. The molecule has 0 unspecified atom stereocenters. The fourth-order valence-corrected chi connectivity index (χ4v) is 4.41. The van der Waals surface area contributed by atoms with E-state index in [4.69, 9.17) is 9.72 Å². The molecule has 35 heavy (non-hydrogen) atoms. The zero-order chi connectivity index (χ0) is 24.7. The Balaban J connectivity index is 1.44. The number of aromatic nitrogens is 6. The van der Waals surface area contributed by atoms with Crippen LogP contribution in [0.25, 0.3) is 16.9 Å². The number of fused-ring (bicyclic) bond motifs is 1. The molecule has 0 radical (unpaired) electrons. The first-order valence-corrected chi connectivity index (χ1v) is 11.4. The van der Waals surface area contributed by atoms with Crippen molar-refractivity contribution >= 4 is 5.65 Å². The molecule has 0 saturated carbocycles. The van der Waals surface area contributed by atoms with Gasteiger partial charge in [0.2, 0.25) is 0 Å². The Morgan fingerprint density at radius 3 is 2.49 bits per heavy atom. The van der Waals surface area contributed by atoms with Crippen molar-refractivity contribution in [3.63, 3.8) is 0 Å². The van der Waals surface area contributed by atoms with Crippen LogP contribution in [-0.2, 0) is 19.6 Å². The summed E-state index contributed by atoms with van der Waals surface area (Å²) >= 11 is 0. The first-order chi connectivity index (χ1) is 16.8. The summed E-state index contributed by atoms with van der Waals surface area (Å²) in [6, 6.07) is 5.60. The minimum atomic E-state index is -0.637. The van der Waals surface area contributed by atoms with Gasteiger partial charge in [-0.1, -0.05) is 6.07 Å². The summed E-state index contributed by atoms with van der Waals surface area (Å²) in [6.45, 7) is 8.37. The van der Waals surface area contributed by atoms with E-state index in [0.29, 0.717) is 11.4 Å². The second-order valence-corrected chi connectivity index (χ2v) is 8.76. The van der Waals surface area contributed by atoms with E-state index in [9.17, 15) is 8.78 Å². The number of aryl methyl sites for hydroxylation is 5. The first kappa shape index (κ1) is 22.8. The molecular formula is C26H26F2N6O. The van der Waals surface area contributed by atoms with Crippen LogP contribution in [0.2, 0.25) is 0 Å². The summed E-state index contributed by atoms with van der Waals surface area (Å²) in [5, 5.41) is 11.8. The summed E-state index contributed by atoms with van der Waals surface area (Å²) < 4.78 is 37.9. The van der Waals surface area contributed by atoms with Crippen molar-refractivity contribution in [2.24, 2.45) is 0 Å². The Kier molecular flexibility index (Phi) is 5.84. The number of nitrogens with zero attached hydrogens (tertiary/aromatic N) is 5. The quantitative estimate of drug-likeness (QED) is 0.348. The van der Waals surface area contributed by atoms with Gasteiger partial charge in [0.1, 0.15) is 18.2 Å². The highest BCUT2D eigenvalue weighted by atomic mass is 19.1. The van der Waals surface area contributed by atoms with E-state index in [-0.39, 0.29) is 12.2 Å². The van der Waals surface area contributed by atoms with Gasteiger partial charge in [-0.2, -0.15) is 10.2 Å². The van der Waals surface area contributed by atoms with Crippen molar-refractivity contribution in [1.82, 2.24) is 29.4 Å². The maximum absolute atomic E-state index is 14.1. The molecule has 7 nitrogen and oxygen atoms in total. The molecule has 1 aromatic carbocycles. The molecular weight excluding hydrogens is 450 g/mol. The Morgan fingerprint density at radius 1 is 1.00 bits per heavy atom. The van der Waals surface area contributed by atoms with Crippen LogP contribution < -0.4 is 4.74 Å². The van der Waals surface area contributed by atoms with Crippen molar-refractivity contribution in [3.8, 4) is 17.0 Å². The molecule has 5 aromatic rings. The monoisotopic (exact) mass is 476 g/mol. The lowest BCUT2D eigenvalue weighted by Gasteiger charge is -2.11. The van der Waals surface area contributed by atoms with Gasteiger partial charge in [-0.3, -0.25) is 14.2 Å². The molecule has 0 saturated heterocycles. The predicted molar refractivity (Wildman–Crippen MR) is 128 cm³/mol. The van der Waals surface area contributed by atoms with Gasteiger partial charge in [-0.15, -0.1) is 0 Å². The minimum absolute atomic E-state index is 0.111. The largest absolute Gasteiger partial charge is 0.485 e. The van der Waals surface area contributed by atoms with Crippen LogP contribution >= 0.6 is 0 Å². The number of imidazole rings is 1. The molecule has 0 aliphatic rings. The molecule has 0 aliphatic heterocycles. The molecule has 9 heteroatoms. The van der Waals surface area contributed by atoms with E-state index in [1.165, 1.54) is 23.8 Å². The smallest absolute Gasteiger partial charge is 0.180 e. The van der Waals surface area contributed by atoms with E-state index < -0.39 is 11.6 Å². The highest BCUT2D eigenvalue weighted by Gasteiger charge is 2.18. The predicted octanol–water partition coefficient (Wildman–Crippen LogP) is 5.25. The van der Waals surface area contributed by atoms with Crippen molar-refractivity contribution in [2.45, 2.75) is 47.3 Å². The number of hydrogen-bond donors (Lipinski definition) is 1. The van der Waals surface area contributed by atoms with Gasteiger partial charge in [0.15, 0.2) is 11.4 Å². The SMILES string of the molecule is Cc1cc(OCc2c(F)cccc2F)c2nc(C)c(-c3cnn(CCc4c(C)n[nH]c4C)c3)n2c1. The molecule has 180 valence electrons. The lowest BCUT2D eigenvalue weighted by atomic mass is 10.1. The molecule has 4 aromatic heterocycles. The maximum atomic E-state index is 14.1. The van der Waals surface area contributed by atoms with Crippen LogP contribution in [0.1, 0.15) is 33.8 Å². The van der Waals surface area contributed by atoms with Crippen molar-refractivity contribution in [3.05, 3.63) is 88.3 Å². The molecule has 0 fully saturated rings.